The third-order valence-corrected chi connectivity index (χ3v) is 6.21. The standard InChI is InChI=1S/C30H35NO4/c1-2-12-26-28(31)30(34-21-25-17-10-5-11-18-25)29(33-20-24-15-8-4-9-16-24)27(35-26)22-32-19-23-13-6-3-7-14-23/h2-11,13-18,26-30H,1,12,19-22,31H2/t26-,27+,28+,29+,30+/m0/s1. The van der Waals surface area contributed by atoms with Crippen LogP contribution in [0, 0.1) is 0 Å². The highest BCUT2D eigenvalue weighted by molar-refractivity contribution is 5.15. The lowest BCUT2D eigenvalue weighted by Gasteiger charge is -2.45. The number of ether oxygens (including phenoxy) is 4. The summed E-state index contributed by atoms with van der Waals surface area (Å²) in [5, 5.41) is 0. The molecule has 0 aromatic heterocycles. The maximum atomic E-state index is 6.70. The third-order valence-electron chi connectivity index (χ3n) is 6.21. The number of benzene rings is 3. The monoisotopic (exact) mass is 473 g/mol. The number of hydrogen-bond acceptors (Lipinski definition) is 5. The van der Waals surface area contributed by atoms with Gasteiger partial charge in [0.1, 0.15) is 18.3 Å². The minimum Gasteiger partial charge on any atom is -0.374 e. The Balaban J connectivity index is 1.50. The molecule has 0 radical (unpaired) electrons. The van der Waals surface area contributed by atoms with Crippen LogP contribution in [-0.2, 0) is 38.8 Å². The van der Waals surface area contributed by atoms with E-state index in [4.69, 9.17) is 24.7 Å². The summed E-state index contributed by atoms with van der Waals surface area (Å²) >= 11 is 0. The molecule has 1 aliphatic rings. The Bertz CT molecular complexity index is 999. The fourth-order valence-corrected chi connectivity index (χ4v) is 4.35. The van der Waals surface area contributed by atoms with Crippen molar-refractivity contribution in [3.63, 3.8) is 0 Å². The molecule has 5 atom stereocenters. The van der Waals surface area contributed by atoms with E-state index in [1.54, 1.807) is 0 Å². The van der Waals surface area contributed by atoms with Crippen molar-refractivity contribution in [2.24, 2.45) is 5.73 Å². The fourth-order valence-electron chi connectivity index (χ4n) is 4.35. The Morgan fingerprint density at radius 1 is 0.686 bits per heavy atom. The van der Waals surface area contributed by atoms with Crippen LogP contribution in [0.3, 0.4) is 0 Å². The summed E-state index contributed by atoms with van der Waals surface area (Å²) in [4.78, 5) is 0. The second kappa shape index (κ2) is 13.3. The van der Waals surface area contributed by atoms with Gasteiger partial charge in [0.05, 0.1) is 38.6 Å². The van der Waals surface area contributed by atoms with Crippen LogP contribution >= 0.6 is 0 Å². The Labute approximate surface area is 208 Å². The molecule has 1 saturated heterocycles. The lowest BCUT2D eigenvalue weighted by atomic mass is 9.91. The Morgan fingerprint density at radius 3 is 1.69 bits per heavy atom. The van der Waals surface area contributed by atoms with Gasteiger partial charge in [-0.05, 0) is 23.1 Å². The van der Waals surface area contributed by atoms with E-state index in [2.05, 4.69) is 6.58 Å². The molecular formula is C30H35NO4. The highest BCUT2D eigenvalue weighted by atomic mass is 16.6. The molecule has 4 rings (SSSR count). The second-order valence-corrected chi connectivity index (χ2v) is 8.84. The summed E-state index contributed by atoms with van der Waals surface area (Å²) in [6.07, 6.45) is 1.18. The van der Waals surface area contributed by atoms with Gasteiger partial charge in [0.25, 0.3) is 0 Å². The molecule has 1 aliphatic heterocycles. The van der Waals surface area contributed by atoms with Crippen molar-refractivity contribution in [1.82, 2.24) is 0 Å². The summed E-state index contributed by atoms with van der Waals surface area (Å²) in [6, 6.07) is 30.0. The predicted molar refractivity (Wildman–Crippen MR) is 138 cm³/mol. The van der Waals surface area contributed by atoms with E-state index >= 15 is 0 Å². The van der Waals surface area contributed by atoms with Crippen molar-refractivity contribution in [3.05, 3.63) is 120 Å². The minimum atomic E-state index is -0.384. The van der Waals surface area contributed by atoms with E-state index in [0.717, 1.165) is 16.7 Å². The molecule has 1 heterocycles. The highest BCUT2D eigenvalue weighted by Crippen LogP contribution is 2.29. The van der Waals surface area contributed by atoms with Gasteiger partial charge < -0.3 is 24.7 Å². The number of rotatable bonds is 12. The van der Waals surface area contributed by atoms with Gasteiger partial charge in [-0.1, -0.05) is 97.1 Å². The first kappa shape index (κ1) is 25.3. The lowest BCUT2D eigenvalue weighted by molar-refractivity contribution is -0.227. The Morgan fingerprint density at radius 2 is 1.17 bits per heavy atom. The van der Waals surface area contributed by atoms with Gasteiger partial charge in [0.15, 0.2) is 0 Å². The minimum absolute atomic E-state index is 0.227. The summed E-state index contributed by atoms with van der Waals surface area (Å²) < 4.78 is 25.4. The average molecular weight is 474 g/mol. The molecule has 0 amide bonds. The van der Waals surface area contributed by atoms with Gasteiger partial charge in [0.2, 0.25) is 0 Å². The highest BCUT2D eigenvalue weighted by Gasteiger charge is 2.45. The maximum Gasteiger partial charge on any atom is 0.114 e. The van der Waals surface area contributed by atoms with E-state index in [-0.39, 0.29) is 30.5 Å². The molecule has 0 spiro atoms. The van der Waals surface area contributed by atoms with Crippen LogP contribution in [0.1, 0.15) is 23.1 Å². The molecule has 0 aliphatic carbocycles. The van der Waals surface area contributed by atoms with Gasteiger partial charge in [0, 0.05) is 0 Å². The van der Waals surface area contributed by atoms with Crippen molar-refractivity contribution in [2.75, 3.05) is 6.61 Å². The summed E-state index contributed by atoms with van der Waals surface area (Å²) in [5.41, 5.74) is 9.98. The van der Waals surface area contributed by atoms with Crippen LogP contribution in [0.25, 0.3) is 0 Å². The first-order chi connectivity index (χ1) is 17.2. The van der Waals surface area contributed by atoms with Gasteiger partial charge in [-0.15, -0.1) is 6.58 Å². The first-order valence-electron chi connectivity index (χ1n) is 12.2. The molecule has 5 heteroatoms. The largest absolute Gasteiger partial charge is 0.374 e. The molecule has 0 bridgehead atoms. The number of nitrogens with two attached hydrogens (primary N) is 1. The molecule has 184 valence electrons. The van der Waals surface area contributed by atoms with Crippen LogP contribution in [0.5, 0.6) is 0 Å². The SMILES string of the molecule is C=CC[C@@H]1O[C@H](COCc2ccccc2)[C@@H](OCc2ccccc2)[C@H](OCc2ccccc2)[C@@H]1N. The van der Waals surface area contributed by atoms with Crippen LogP contribution in [0.2, 0.25) is 0 Å². The lowest BCUT2D eigenvalue weighted by Crippen LogP contribution is -2.63. The summed E-state index contributed by atoms with van der Waals surface area (Å²) in [5.74, 6) is 0. The van der Waals surface area contributed by atoms with Crippen molar-refractivity contribution in [3.8, 4) is 0 Å². The Kier molecular flexibility index (Phi) is 9.64. The Hall–Kier alpha value is -2.80. The average Bonchev–Trinajstić information content (AvgIpc) is 2.90. The number of hydrogen-bond donors (Lipinski definition) is 1. The van der Waals surface area contributed by atoms with Gasteiger partial charge >= 0.3 is 0 Å². The van der Waals surface area contributed by atoms with Crippen LogP contribution in [-0.4, -0.2) is 37.1 Å². The molecule has 1 fully saturated rings. The molecule has 3 aromatic carbocycles. The van der Waals surface area contributed by atoms with Crippen LogP contribution < -0.4 is 5.73 Å². The topological polar surface area (TPSA) is 62.9 Å². The van der Waals surface area contributed by atoms with Gasteiger partial charge in [-0.3, -0.25) is 0 Å². The molecule has 35 heavy (non-hydrogen) atoms. The third kappa shape index (κ3) is 7.34. The zero-order valence-corrected chi connectivity index (χ0v) is 20.1. The van der Waals surface area contributed by atoms with Crippen molar-refractivity contribution >= 4 is 0 Å². The van der Waals surface area contributed by atoms with Gasteiger partial charge in [-0.25, -0.2) is 0 Å². The summed E-state index contributed by atoms with van der Waals surface area (Å²) in [6.45, 7) is 5.65. The van der Waals surface area contributed by atoms with Crippen LogP contribution in [0.4, 0.5) is 0 Å². The van der Waals surface area contributed by atoms with E-state index in [9.17, 15) is 0 Å². The normalized spacial score (nSPS) is 24.2. The molecule has 0 unspecified atom stereocenters. The molecule has 3 aromatic rings. The molecule has 2 N–H and O–H groups in total. The first-order valence-corrected chi connectivity index (χ1v) is 12.2. The van der Waals surface area contributed by atoms with E-state index in [0.29, 0.717) is 32.8 Å². The summed E-state index contributed by atoms with van der Waals surface area (Å²) in [7, 11) is 0. The van der Waals surface area contributed by atoms with Crippen molar-refractivity contribution in [2.45, 2.75) is 56.7 Å². The van der Waals surface area contributed by atoms with E-state index in [1.165, 1.54) is 0 Å². The smallest absolute Gasteiger partial charge is 0.114 e. The molecule has 5 nitrogen and oxygen atoms in total. The molecular weight excluding hydrogens is 438 g/mol. The fraction of sp³-hybridized carbons (Fsp3) is 0.333. The zero-order chi connectivity index (χ0) is 24.3. The van der Waals surface area contributed by atoms with E-state index in [1.807, 2.05) is 97.1 Å². The van der Waals surface area contributed by atoms with E-state index < -0.39 is 0 Å². The maximum absolute atomic E-state index is 6.70. The molecule has 0 saturated carbocycles. The van der Waals surface area contributed by atoms with Crippen molar-refractivity contribution in [1.29, 1.82) is 0 Å². The second-order valence-electron chi connectivity index (χ2n) is 8.84. The quantitative estimate of drug-likeness (QED) is 0.373. The van der Waals surface area contributed by atoms with Gasteiger partial charge in [-0.2, -0.15) is 0 Å². The predicted octanol–water partition coefficient (Wildman–Crippen LogP) is 5.04. The van der Waals surface area contributed by atoms with Crippen molar-refractivity contribution < 1.29 is 18.9 Å². The van der Waals surface area contributed by atoms with Crippen LogP contribution in [0.15, 0.2) is 104 Å². The zero-order valence-electron chi connectivity index (χ0n) is 20.1.